The second kappa shape index (κ2) is 32.1. The molecular formula is C40H74O10. The lowest BCUT2D eigenvalue weighted by atomic mass is 9.99. The van der Waals surface area contributed by atoms with Crippen molar-refractivity contribution in [3.8, 4) is 0 Å². The summed E-state index contributed by atoms with van der Waals surface area (Å²) in [5.74, 6) is -0.821. The topological polar surface area (TPSA) is 152 Å². The van der Waals surface area contributed by atoms with Gasteiger partial charge in [0.1, 0.15) is 31.0 Å². The summed E-state index contributed by atoms with van der Waals surface area (Å²) < 4.78 is 22.1. The van der Waals surface area contributed by atoms with Gasteiger partial charge in [0.25, 0.3) is 0 Å². The van der Waals surface area contributed by atoms with Gasteiger partial charge in [0.15, 0.2) is 12.4 Å². The Morgan fingerprint density at radius 1 is 0.600 bits per heavy atom. The van der Waals surface area contributed by atoms with Crippen LogP contribution in [0.25, 0.3) is 0 Å². The molecule has 0 bridgehead atoms. The third kappa shape index (κ3) is 23.8. The molecule has 1 aliphatic heterocycles. The van der Waals surface area contributed by atoms with Gasteiger partial charge in [0.2, 0.25) is 0 Å². The standard InChI is InChI=1S/C40H74O10/c1-3-5-7-9-11-13-15-17-19-21-23-25-27-29-36(43)49-33(32-48-40-39(46)38(45)37(44)34(30-41)50-40)31-47-35(42)28-26-24-22-20-18-16-14-12-10-8-6-4-2/h17,19,33-34,37-41,44-46H,3-16,18,20-32H2,1-2H3/b19-17+/t33-,34-,37+,38?,39?,40-/m0/s1. The summed E-state index contributed by atoms with van der Waals surface area (Å²) >= 11 is 0. The SMILES string of the molecule is CCCCCCCC/C=C/CCCCCC(=O)O[C@@H](COC(=O)CCCCCCCCCCCCCC)CO[C@H]1O[C@@H](CO)[C@@H](O)C(O)C1O. The van der Waals surface area contributed by atoms with E-state index in [1.165, 1.54) is 96.3 Å². The molecule has 0 amide bonds. The highest BCUT2D eigenvalue weighted by molar-refractivity contribution is 5.70. The van der Waals surface area contributed by atoms with E-state index in [0.29, 0.717) is 6.42 Å². The normalized spacial score (nSPS) is 21.4. The van der Waals surface area contributed by atoms with E-state index in [-0.39, 0.29) is 32.0 Å². The van der Waals surface area contributed by atoms with Crippen LogP contribution in [-0.2, 0) is 28.5 Å². The van der Waals surface area contributed by atoms with Crippen LogP contribution in [0.5, 0.6) is 0 Å². The maximum Gasteiger partial charge on any atom is 0.306 e. The fourth-order valence-electron chi connectivity index (χ4n) is 6.12. The van der Waals surface area contributed by atoms with Crippen LogP contribution in [0.3, 0.4) is 0 Å². The van der Waals surface area contributed by atoms with Crippen molar-refractivity contribution >= 4 is 11.9 Å². The molecular weight excluding hydrogens is 640 g/mol. The van der Waals surface area contributed by atoms with E-state index in [1.54, 1.807) is 0 Å². The van der Waals surface area contributed by atoms with Crippen molar-refractivity contribution in [2.75, 3.05) is 19.8 Å². The highest BCUT2D eigenvalue weighted by atomic mass is 16.7. The average molecular weight is 715 g/mol. The number of unbranched alkanes of at least 4 members (excludes halogenated alkanes) is 20. The molecule has 0 aromatic carbocycles. The Morgan fingerprint density at radius 2 is 1.06 bits per heavy atom. The van der Waals surface area contributed by atoms with Gasteiger partial charge >= 0.3 is 11.9 Å². The second-order valence-electron chi connectivity index (χ2n) is 14.1. The van der Waals surface area contributed by atoms with Crippen LogP contribution in [0.2, 0.25) is 0 Å². The fourth-order valence-corrected chi connectivity index (χ4v) is 6.12. The third-order valence-electron chi connectivity index (χ3n) is 9.40. The van der Waals surface area contributed by atoms with Crippen LogP contribution < -0.4 is 0 Å². The molecule has 0 aromatic heterocycles. The highest BCUT2D eigenvalue weighted by Crippen LogP contribution is 2.22. The van der Waals surface area contributed by atoms with Gasteiger partial charge in [0, 0.05) is 12.8 Å². The summed E-state index contributed by atoms with van der Waals surface area (Å²) in [6, 6.07) is 0. The molecule has 0 saturated carbocycles. The monoisotopic (exact) mass is 715 g/mol. The smallest absolute Gasteiger partial charge is 0.306 e. The van der Waals surface area contributed by atoms with Crippen molar-refractivity contribution in [2.24, 2.45) is 0 Å². The summed E-state index contributed by atoms with van der Waals surface area (Å²) in [5.41, 5.74) is 0. The number of aliphatic hydroxyl groups is 4. The van der Waals surface area contributed by atoms with Gasteiger partial charge in [-0.25, -0.2) is 0 Å². The van der Waals surface area contributed by atoms with E-state index >= 15 is 0 Å². The van der Waals surface area contributed by atoms with E-state index in [1.807, 2.05) is 0 Å². The van der Waals surface area contributed by atoms with Gasteiger partial charge in [-0.15, -0.1) is 0 Å². The lowest BCUT2D eigenvalue weighted by Crippen LogP contribution is -2.59. The van der Waals surface area contributed by atoms with Crippen LogP contribution in [0.15, 0.2) is 12.2 Å². The van der Waals surface area contributed by atoms with E-state index < -0.39 is 49.4 Å². The fraction of sp³-hybridized carbons (Fsp3) is 0.900. The Hall–Kier alpha value is -1.56. The number of esters is 2. The molecule has 0 aromatic rings. The molecule has 0 aliphatic carbocycles. The zero-order valence-corrected chi connectivity index (χ0v) is 31.7. The molecule has 294 valence electrons. The van der Waals surface area contributed by atoms with Gasteiger partial charge in [0.05, 0.1) is 13.2 Å². The average Bonchev–Trinajstić information content (AvgIpc) is 3.11. The molecule has 1 aliphatic rings. The number of hydrogen-bond donors (Lipinski definition) is 4. The third-order valence-corrected chi connectivity index (χ3v) is 9.40. The quantitative estimate of drug-likeness (QED) is 0.0304. The number of aliphatic hydroxyl groups excluding tert-OH is 4. The number of rotatable bonds is 33. The van der Waals surface area contributed by atoms with Crippen molar-refractivity contribution in [3.63, 3.8) is 0 Å². The van der Waals surface area contributed by atoms with Gasteiger partial charge < -0.3 is 39.4 Å². The van der Waals surface area contributed by atoms with Crippen molar-refractivity contribution in [2.45, 2.75) is 211 Å². The van der Waals surface area contributed by atoms with E-state index in [2.05, 4.69) is 26.0 Å². The first-order valence-corrected chi connectivity index (χ1v) is 20.3. The van der Waals surface area contributed by atoms with Crippen LogP contribution in [0.4, 0.5) is 0 Å². The Morgan fingerprint density at radius 3 is 1.58 bits per heavy atom. The highest BCUT2D eigenvalue weighted by Gasteiger charge is 2.44. The molecule has 1 fully saturated rings. The van der Waals surface area contributed by atoms with Gasteiger partial charge in [-0.2, -0.15) is 0 Å². The minimum Gasteiger partial charge on any atom is -0.462 e. The lowest BCUT2D eigenvalue weighted by molar-refractivity contribution is -0.305. The number of carbonyl (C=O) groups is 2. The summed E-state index contributed by atoms with van der Waals surface area (Å²) in [6.07, 6.45) is 23.6. The van der Waals surface area contributed by atoms with Crippen LogP contribution >= 0.6 is 0 Å². The van der Waals surface area contributed by atoms with Crippen molar-refractivity contribution < 1.29 is 49.0 Å². The molecule has 4 N–H and O–H groups in total. The molecule has 6 atom stereocenters. The Balaban J connectivity index is 2.39. The maximum atomic E-state index is 12.7. The van der Waals surface area contributed by atoms with Crippen molar-refractivity contribution in [3.05, 3.63) is 12.2 Å². The Kier molecular flexibility index (Phi) is 29.8. The Bertz CT molecular complexity index is 835. The summed E-state index contributed by atoms with van der Waals surface area (Å²) in [4.78, 5) is 25.2. The number of allylic oxidation sites excluding steroid dienone is 2. The molecule has 1 heterocycles. The minimum atomic E-state index is -1.59. The first-order valence-electron chi connectivity index (χ1n) is 20.3. The molecule has 0 spiro atoms. The first kappa shape index (κ1) is 46.5. The summed E-state index contributed by atoms with van der Waals surface area (Å²) in [6.45, 7) is 3.39. The van der Waals surface area contributed by atoms with Crippen molar-refractivity contribution in [1.82, 2.24) is 0 Å². The molecule has 0 radical (unpaired) electrons. The van der Waals surface area contributed by atoms with Gasteiger partial charge in [-0.05, 0) is 38.5 Å². The Labute approximate surface area is 303 Å². The van der Waals surface area contributed by atoms with E-state index in [9.17, 15) is 30.0 Å². The minimum absolute atomic E-state index is 0.213. The number of carbonyl (C=O) groups excluding carboxylic acids is 2. The summed E-state index contributed by atoms with van der Waals surface area (Å²) in [5, 5.41) is 39.9. The van der Waals surface area contributed by atoms with E-state index in [4.69, 9.17) is 18.9 Å². The predicted molar refractivity (Wildman–Crippen MR) is 196 cm³/mol. The molecule has 1 saturated heterocycles. The molecule has 50 heavy (non-hydrogen) atoms. The van der Waals surface area contributed by atoms with Gasteiger partial charge in [-0.3, -0.25) is 9.59 Å². The van der Waals surface area contributed by atoms with Crippen LogP contribution in [-0.4, -0.2) is 89.0 Å². The van der Waals surface area contributed by atoms with E-state index in [0.717, 1.165) is 44.9 Å². The number of hydrogen-bond acceptors (Lipinski definition) is 10. The molecule has 10 nitrogen and oxygen atoms in total. The first-order chi connectivity index (χ1) is 24.3. The molecule has 10 heteroatoms. The number of ether oxygens (including phenoxy) is 4. The second-order valence-corrected chi connectivity index (χ2v) is 14.1. The maximum absolute atomic E-state index is 12.7. The van der Waals surface area contributed by atoms with Crippen molar-refractivity contribution in [1.29, 1.82) is 0 Å². The molecule has 2 unspecified atom stereocenters. The zero-order chi connectivity index (χ0) is 36.7. The zero-order valence-electron chi connectivity index (χ0n) is 31.7. The van der Waals surface area contributed by atoms with Crippen LogP contribution in [0.1, 0.15) is 174 Å². The predicted octanol–water partition coefficient (Wildman–Crippen LogP) is 7.61. The largest absolute Gasteiger partial charge is 0.462 e. The van der Waals surface area contributed by atoms with Gasteiger partial charge in [-0.1, -0.05) is 135 Å². The van der Waals surface area contributed by atoms with Crippen LogP contribution in [0, 0.1) is 0 Å². The lowest BCUT2D eigenvalue weighted by Gasteiger charge is -2.39. The molecule has 1 rings (SSSR count). The summed E-state index contributed by atoms with van der Waals surface area (Å²) in [7, 11) is 0.